The molecule has 1 heterocycles. The number of benzene rings is 1. The minimum Gasteiger partial charge on any atom is -0.493 e. The topological polar surface area (TPSA) is 21.3 Å². The minimum atomic E-state index is 0.390. The molecular weight excluding hydrogens is 222 g/mol. The molecule has 96 valence electrons. The molecule has 0 saturated carbocycles. The molecule has 0 spiro atoms. The zero-order chi connectivity index (χ0) is 12.8. The van der Waals surface area contributed by atoms with Crippen molar-refractivity contribution in [3.05, 3.63) is 29.3 Å². The minimum absolute atomic E-state index is 0.390. The molecule has 1 atom stereocenters. The lowest BCUT2D eigenvalue weighted by molar-refractivity contribution is 0.356. The molecule has 1 aromatic carbocycles. The number of fused-ring (bicyclic) bond motifs is 1. The first-order chi connectivity index (χ1) is 8.81. The highest BCUT2D eigenvalue weighted by Crippen LogP contribution is 2.27. The maximum absolute atomic E-state index is 5.52. The van der Waals surface area contributed by atoms with E-state index in [1.54, 1.807) is 0 Å². The first-order valence-electron chi connectivity index (χ1n) is 6.73. The molecule has 0 aromatic heterocycles. The van der Waals surface area contributed by atoms with E-state index in [1.807, 2.05) is 0 Å². The molecule has 0 bridgehead atoms. The van der Waals surface area contributed by atoms with Gasteiger partial charge in [-0.3, -0.25) is 0 Å². The first-order valence-corrected chi connectivity index (χ1v) is 6.73. The third kappa shape index (κ3) is 3.27. The summed E-state index contributed by atoms with van der Waals surface area (Å²) in [5, 5.41) is 3.54. The van der Waals surface area contributed by atoms with Gasteiger partial charge in [-0.15, -0.1) is 12.3 Å². The third-order valence-corrected chi connectivity index (χ3v) is 3.41. The van der Waals surface area contributed by atoms with Crippen LogP contribution in [-0.2, 0) is 6.42 Å². The molecule has 2 heteroatoms. The largest absolute Gasteiger partial charge is 0.493 e. The highest BCUT2D eigenvalue weighted by molar-refractivity contribution is 5.40. The molecule has 0 fully saturated rings. The average molecular weight is 243 g/mol. The summed E-state index contributed by atoms with van der Waals surface area (Å²) in [6, 6.07) is 6.90. The van der Waals surface area contributed by atoms with Crippen molar-refractivity contribution in [2.45, 2.75) is 38.6 Å². The lowest BCUT2D eigenvalue weighted by atomic mass is 10.0. The highest BCUT2D eigenvalue weighted by Gasteiger charge is 2.14. The van der Waals surface area contributed by atoms with Crippen molar-refractivity contribution in [1.29, 1.82) is 0 Å². The van der Waals surface area contributed by atoms with E-state index < -0.39 is 0 Å². The van der Waals surface area contributed by atoms with Crippen LogP contribution in [0.5, 0.6) is 5.75 Å². The fraction of sp³-hybridized carbons (Fsp3) is 0.500. The van der Waals surface area contributed by atoms with Gasteiger partial charge in [0.25, 0.3) is 0 Å². The predicted molar refractivity (Wildman–Crippen MR) is 74.7 cm³/mol. The second kappa shape index (κ2) is 6.47. The lowest BCUT2D eigenvalue weighted by Gasteiger charge is -2.15. The summed E-state index contributed by atoms with van der Waals surface area (Å²) in [7, 11) is 0. The van der Waals surface area contributed by atoms with Crippen LogP contribution in [0.4, 0.5) is 0 Å². The second-order valence-electron chi connectivity index (χ2n) is 4.80. The van der Waals surface area contributed by atoms with Gasteiger partial charge in [0.1, 0.15) is 5.75 Å². The molecule has 1 aliphatic heterocycles. The zero-order valence-corrected chi connectivity index (χ0v) is 11.0. The van der Waals surface area contributed by atoms with E-state index in [0.29, 0.717) is 6.04 Å². The van der Waals surface area contributed by atoms with Crippen molar-refractivity contribution in [2.24, 2.45) is 0 Å². The Hall–Kier alpha value is -1.46. The Balaban J connectivity index is 1.82. The monoisotopic (exact) mass is 243 g/mol. The summed E-state index contributed by atoms with van der Waals surface area (Å²) in [6.45, 7) is 4.06. The third-order valence-electron chi connectivity index (χ3n) is 3.41. The van der Waals surface area contributed by atoms with Gasteiger partial charge in [0.2, 0.25) is 0 Å². The number of nitrogens with one attached hydrogen (secondary N) is 1. The molecule has 18 heavy (non-hydrogen) atoms. The fourth-order valence-corrected chi connectivity index (χ4v) is 2.26. The molecule has 0 saturated heterocycles. The smallest absolute Gasteiger partial charge is 0.122 e. The molecule has 1 N–H and O–H groups in total. The van der Waals surface area contributed by atoms with Crippen LogP contribution in [0, 0.1) is 12.3 Å². The Morgan fingerprint density at radius 2 is 2.33 bits per heavy atom. The molecule has 1 aliphatic rings. The Labute approximate surface area is 110 Å². The van der Waals surface area contributed by atoms with E-state index in [4.69, 9.17) is 11.2 Å². The van der Waals surface area contributed by atoms with Crippen molar-refractivity contribution in [3.63, 3.8) is 0 Å². The Kier molecular flexibility index (Phi) is 4.66. The molecule has 2 nitrogen and oxygen atoms in total. The van der Waals surface area contributed by atoms with E-state index in [2.05, 4.69) is 36.4 Å². The van der Waals surface area contributed by atoms with E-state index in [9.17, 15) is 0 Å². The van der Waals surface area contributed by atoms with Crippen molar-refractivity contribution < 1.29 is 4.74 Å². The van der Waals surface area contributed by atoms with Crippen molar-refractivity contribution >= 4 is 0 Å². The molecule has 1 aromatic rings. The van der Waals surface area contributed by atoms with Crippen LogP contribution in [0.15, 0.2) is 18.2 Å². The summed E-state index contributed by atoms with van der Waals surface area (Å²) in [6.07, 6.45) is 9.40. The number of ether oxygens (including phenoxy) is 1. The standard InChI is InChI=1S/C16H21NO/c1-3-4-5-6-10-17-13(2)14-7-8-16-15(12-14)9-11-18-16/h1,7-8,12-13,17H,4-6,9-11H2,2H3. The van der Waals surface area contributed by atoms with Gasteiger partial charge >= 0.3 is 0 Å². The molecule has 2 rings (SSSR count). The fourth-order valence-electron chi connectivity index (χ4n) is 2.26. The van der Waals surface area contributed by atoms with Crippen molar-refractivity contribution in [1.82, 2.24) is 5.32 Å². The Bertz CT molecular complexity index is 433. The Morgan fingerprint density at radius 1 is 1.44 bits per heavy atom. The molecule has 0 radical (unpaired) electrons. The summed E-state index contributed by atoms with van der Waals surface area (Å²) in [4.78, 5) is 0. The van der Waals surface area contributed by atoms with E-state index in [1.165, 1.54) is 11.1 Å². The zero-order valence-electron chi connectivity index (χ0n) is 11.0. The maximum atomic E-state index is 5.52. The normalized spacial score (nSPS) is 14.7. The average Bonchev–Trinajstić information content (AvgIpc) is 2.85. The second-order valence-corrected chi connectivity index (χ2v) is 4.80. The van der Waals surface area contributed by atoms with Crippen LogP contribution in [0.2, 0.25) is 0 Å². The van der Waals surface area contributed by atoms with Gasteiger partial charge in [0.15, 0.2) is 0 Å². The number of terminal acetylenes is 1. The van der Waals surface area contributed by atoms with E-state index in [-0.39, 0.29) is 0 Å². The van der Waals surface area contributed by atoms with Crippen LogP contribution in [-0.4, -0.2) is 13.2 Å². The molecule has 0 aliphatic carbocycles. The summed E-state index contributed by atoms with van der Waals surface area (Å²) in [5.74, 6) is 3.73. The van der Waals surface area contributed by atoms with Gasteiger partial charge in [-0.2, -0.15) is 0 Å². The highest BCUT2D eigenvalue weighted by atomic mass is 16.5. The maximum Gasteiger partial charge on any atom is 0.122 e. The summed E-state index contributed by atoms with van der Waals surface area (Å²) in [5.41, 5.74) is 2.68. The van der Waals surface area contributed by atoms with Crippen LogP contribution in [0.1, 0.15) is 43.4 Å². The van der Waals surface area contributed by atoms with Crippen LogP contribution in [0.3, 0.4) is 0 Å². The van der Waals surface area contributed by atoms with Gasteiger partial charge in [0, 0.05) is 18.9 Å². The summed E-state index contributed by atoms with van der Waals surface area (Å²) < 4.78 is 5.52. The summed E-state index contributed by atoms with van der Waals surface area (Å²) >= 11 is 0. The number of unbranched alkanes of at least 4 members (excludes halogenated alkanes) is 2. The van der Waals surface area contributed by atoms with Gasteiger partial charge in [-0.25, -0.2) is 0 Å². The van der Waals surface area contributed by atoms with Gasteiger partial charge in [0.05, 0.1) is 6.61 Å². The number of hydrogen-bond acceptors (Lipinski definition) is 2. The SMILES string of the molecule is C#CCCCCNC(C)c1ccc2c(c1)CCO2. The van der Waals surface area contributed by atoms with Crippen molar-refractivity contribution in [2.75, 3.05) is 13.2 Å². The van der Waals surface area contributed by atoms with Gasteiger partial charge < -0.3 is 10.1 Å². The first kappa shape index (κ1) is 13.0. The number of rotatable bonds is 6. The number of hydrogen-bond donors (Lipinski definition) is 1. The molecular formula is C16H21NO. The molecule has 0 amide bonds. The van der Waals surface area contributed by atoms with Crippen LogP contribution in [0.25, 0.3) is 0 Å². The van der Waals surface area contributed by atoms with Crippen molar-refractivity contribution in [3.8, 4) is 18.1 Å². The van der Waals surface area contributed by atoms with Crippen LogP contribution < -0.4 is 10.1 Å². The Morgan fingerprint density at radius 3 is 3.17 bits per heavy atom. The van der Waals surface area contributed by atoms with E-state index in [0.717, 1.165) is 44.6 Å². The van der Waals surface area contributed by atoms with Crippen LogP contribution >= 0.6 is 0 Å². The lowest BCUT2D eigenvalue weighted by Crippen LogP contribution is -2.19. The van der Waals surface area contributed by atoms with Gasteiger partial charge in [-0.1, -0.05) is 12.1 Å². The predicted octanol–water partition coefficient (Wildman–Crippen LogP) is 3.08. The molecule has 1 unspecified atom stereocenters. The quantitative estimate of drug-likeness (QED) is 0.612. The van der Waals surface area contributed by atoms with Gasteiger partial charge in [-0.05, 0) is 43.5 Å². The van der Waals surface area contributed by atoms with E-state index >= 15 is 0 Å².